The lowest BCUT2D eigenvalue weighted by molar-refractivity contribution is 0.551. The van der Waals surface area contributed by atoms with Gasteiger partial charge in [0.15, 0.2) is 0 Å². The van der Waals surface area contributed by atoms with E-state index in [1.54, 1.807) is 13.8 Å². The molecule has 0 saturated carbocycles. The topological polar surface area (TPSA) is 72.2 Å². The molecule has 0 saturated heterocycles. The van der Waals surface area contributed by atoms with Gasteiger partial charge in [0, 0.05) is 12.6 Å². The first-order valence-electron chi connectivity index (χ1n) is 5.34. The molecule has 0 fully saturated rings. The Morgan fingerprint density at radius 3 is 2.61 bits per heavy atom. The molecular formula is C11H18ClFN2O2S. The van der Waals surface area contributed by atoms with Crippen molar-refractivity contribution in [2.24, 2.45) is 5.73 Å². The Hall–Kier alpha value is -0.690. The van der Waals surface area contributed by atoms with Gasteiger partial charge < -0.3 is 5.73 Å². The van der Waals surface area contributed by atoms with Crippen LogP contribution < -0.4 is 10.5 Å². The molecule has 0 aromatic heterocycles. The number of aryl methyl sites for hydroxylation is 1. The summed E-state index contributed by atoms with van der Waals surface area (Å²) in [6.45, 7) is 3.69. The summed E-state index contributed by atoms with van der Waals surface area (Å²) in [6, 6.07) is 3.88. The highest BCUT2D eigenvalue weighted by atomic mass is 35.5. The van der Waals surface area contributed by atoms with Crippen molar-refractivity contribution < 1.29 is 12.8 Å². The first-order chi connectivity index (χ1) is 7.83. The van der Waals surface area contributed by atoms with Crippen molar-refractivity contribution in [2.45, 2.75) is 31.2 Å². The Morgan fingerprint density at radius 2 is 2.06 bits per heavy atom. The maximum Gasteiger partial charge on any atom is 0.243 e. The average molecular weight is 297 g/mol. The number of benzene rings is 1. The molecule has 1 unspecified atom stereocenters. The minimum absolute atomic E-state index is 0. The molecule has 1 rings (SSSR count). The Balaban J connectivity index is 0.00000289. The van der Waals surface area contributed by atoms with Crippen molar-refractivity contribution in [3.8, 4) is 0 Å². The molecule has 18 heavy (non-hydrogen) atoms. The number of hydrogen-bond donors (Lipinski definition) is 2. The van der Waals surface area contributed by atoms with E-state index in [1.165, 1.54) is 12.1 Å². The van der Waals surface area contributed by atoms with Crippen molar-refractivity contribution in [2.75, 3.05) is 6.54 Å². The normalized spacial score (nSPS) is 12.9. The molecule has 0 spiro atoms. The van der Waals surface area contributed by atoms with Crippen LogP contribution in [0.15, 0.2) is 23.1 Å². The van der Waals surface area contributed by atoms with Crippen molar-refractivity contribution in [3.05, 3.63) is 29.6 Å². The number of halogens is 2. The van der Waals surface area contributed by atoms with Crippen LogP contribution in [-0.2, 0) is 10.0 Å². The van der Waals surface area contributed by atoms with Crippen LogP contribution >= 0.6 is 12.4 Å². The molecule has 1 atom stereocenters. The highest BCUT2D eigenvalue weighted by Crippen LogP contribution is 2.15. The highest BCUT2D eigenvalue weighted by Gasteiger charge is 2.18. The standard InChI is InChI=1S/C11H17FN2O2S.ClH/c1-8-3-4-10(12)11(7-8)17(15,16)14-6-5-9(2)13;/h3-4,7,9,14H,5-6,13H2,1-2H3;1H. The molecule has 1 aromatic carbocycles. The van der Waals surface area contributed by atoms with E-state index < -0.39 is 15.8 Å². The predicted molar refractivity (Wildman–Crippen MR) is 71.8 cm³/mol. The van der Waals surface area contributed by atoms with Crippen molar-refractivity contribution in [1.82, 2.24) is 4.72 Å². The average Bonchev–Trinajstić information content (AvgIpc) is 2.20. The molecule has 104 valence electrons. The van der Waals surface area contributed by atoms with Crippen LogP contribution in [0.4, 0.5) is 4.39 Å². The maximum atomic E-state index is 13.4. The zero-order chi connectivity index (χ0) is 13.1. The third-order valence-corrected chi connectivity index (χ3v) is 3.74. The first kappa shape index (κ1) is 17.3. The van der Waals surface area contributed by atoms with Crippen molar-refractivity contribution in [3.63, 3.8) is 0 Å². The molecule has 4 nitrogen and oxygen atoms in total. The fourth-order valence-electron chi connectivity index (χ4n) is 1.32. The van der Waals surface area contributed by atoms with E-state index in [2.05, 4.69) is 4.72 Å². The van der Waals surface area contributed by atoms with Crippen molar-refractivity contribution >= 4 is 22.4 Å². The quantitative estimate of drug-likeness (QED) is 0.866. The molecular weight excluding hydrogens is 279 g/mol. The molecule has 0 aliphatic rings. The summed E-state index contributed by atoms with van der Waals surface area (Å²) in [7, 11) is -3.79. The van der Waals surface area contributed by atoms with Gasteiger partial charge in [0.05, 0.1) is 0 Å². The van der Waals surface area contributed by atoms with E-state index >= 15 is 0 Å². The zero-order valence-electron chi connectivity index (χ0n) is 10.3. The van der Waals surface area contributed by atoms with Gasteiger partial charge >= 0.3 is 0 Å². The van der Waals surface area contributed by atoms with E-state index in [1.807, 2.05) is 0 Å². The minimum atomic E-state index is -3.79. The van der Waals surface area contributed by atoms with Crippen LogP contribution in [0.25, 0.3) is 0 Å². The third-order valence-electron chi connectivity index (χ3n) is 2.27. The molecule has 0 bridgehead atoms. The molecule has 0 radical (unpaired) electrons. The lowest BCUT2D eigenvalue weighted by Crippen LogP contribution is -2.29. The van der Waals surface area contributed by atoms with E-state index in [0.29, 0.717) is 12.0 Å². The summed E-state index contributed by atoms with van der Waals surface area (Å²) in [5.41, 5.74) is 6.20. The number of nitrogens with two attached hydrogens (primary N) is 1. The smallest absolute Gasteiger partial charge is 0.243 e. The molecule has 1 aromatic rings. The van der Waals surface area contributed by atoms with Gasteiger partial charge in [-0.25, -0.2) is 17.5 Å². The van der Waals surface area contributed by atoms with Crippen LogP contribution in [0.3, 0.4) is 0 Å². The second-order valence-corrected chi connectivity index (χ2v) is 5.83. The summed E-state index contributed by atoms with van der Waals surface area (Å²) in [5, 5.41) is 0. The fourth-order valence-corrected chi connectivity index (χ4v) is 2.52. The van der Waals surface area contributed by atoms with Gasteiger partial charge in [-0.3, -0.25) is 0 Å². The molecule has 3 N–H and O–H groups in total. The maximum absolute atomic E-state index is 13.4. The van der Waals surface area contributed by atoms with Crippen LogP contribution in [-0.4, -0.2) is 21.0 Å². The largest absolute Gasteiger partial charge is 0.328 e. The minimum Gasteiger partial charge on any atom is -0.328 e. The number of hydrogen-bond acceptors (Lipinski definition) is 3. The Morgan fingerprint density at radius 1 is 1.44 bits per heavy atom. The summed E-state index contributed by atoms with van der Waals surface area (Å²) in [5.74, 6) is -0.746. The fraction of sp³-hybridized carbons (Fsp3) is 0.455. The molecule has 7 heteroatoms. The van der Waals surface area contributed by atoms with Crippen LogP contribution in [0.2, 0.25) is 0 Å². The van der Waals surface area contributed by atoms with E-state index in [-0.39, 0.29) is 29.9 Å². The highest BCUT2D eigenvalue weighted by molar-refractivity contribution is 7.89. The predicted octanol–water partition coefficient (Wildman–Crippen LogP) is 1.57. The van der Waals surface area contributed by atoms with Gasteiger partial charge in [-0.05, 0) is 38.0 Å². The second-order valence-electron chi connectivity index (χ2n) is 4.10. The van der Waals surface area contributed by atoms with E-state index in [0.717, 1.165) is 6.07 Å². The Kier molecular flexibility index (Phi) is 6.77. The number of sulfonamides is 1. The first-order valence-corrected chi connectivity index (χ1v) is 6.82. The summed E-state index contributed by atoms with van der Waals surface area (Å²) in [6.07, 6.45) is 0.507. The van der Waals surface area contributed by atoms with Crippen LogP contribution in [0.5, 0.6) is 0 Å². The summed E-state index contributed by atoms with van der Waals surface area (Å²) < 4.78 is 39.3. The van der Waals surface area contributed by atoms with Crippen LogP contribution in [0.1, 0.15) is 18.9 Å². The lowest BCUT2D eigenvalue weighted by Gasteiger charge is -2.09. The van der Waals surface area contributed by atoms with Gasteiger partial charge in [-0.1, -0.05) is 6.07 Å². The van der Waals surface area contributed by atoms with Gasteiger partial charge in [-0.15, -0.1) is 12.4 Å². The summed E-state index contributed by atoms with van der Waals surface area (Å²) in [4.78, 5) is -0.317. The van der Waals surface area contributed by atoms with Gasteiger partial charge in [0.2, 0.25) is 10.0 Å². The number of nitrogens with one attached hydrogen (secondary N) is 1. The van der Waals surface area contributed by atoms with Gasteiger partial charge in [0.25, 0.3) is 0 Å². The molecule has 0 amide bonds. The molecule has 0 heterocycles. The van der Waals surface area contributed by atoms with E-state index in [9.17, 15) is 12.8 Å². The van der Waals surface area contributed by atoms with Crippen molar-refractivity contribution in [1.29, 1.82) is 0 Å². The van der Waals surface area contributed by atoms with Gasteiger partial charge in [-0.2, -0.15) is 0 Å². The van der Waals surface area contributed by atoms with Crippen LogP contribution in [0, 0.1) is 12.7 Å². The summed E-state index contributed by atoms with van der Waals surface area (Å²) >= 11 is 0. The monoisotopic (exact) mass is 296 g/mol. The zero-order valence-corrected chi connectivity index (χ0v) is 11.9. The molecule has 0 aliphatic carbocycles. The van der Waals surface area contributed by atoms with Gasteiger partial charge in [0.1, 0.15) is 10.7 Å². The second kappa shape index (κ2) is 7.04. The Bertz CT molecular complexity index is 492. The third kappa shape index (κ3) is 4.89. The Labute approximate surface area is 113 Å². The van der Waals surface area contributed by atoms with E-state index in [4.69, 9.17) is 5.73 Å². The SMILES string of the molecule is Cc1ccc(F)c(S(=O)(=O)NCCC(C)N)c1.Cl. The molecule has 0 aliphatic heterocycles. The lowest BCUT2D eigenvalue weighted by atomic mass is 10.2. The number of rotatable bonds is 5.